The summed E-state index contributed by atoms with van der Waals surface area (Å²) < 4.78 is 11.8. The molecule has 0 heterocycles. The van der Waals surface area contributed by atoms with E-state index < -0.39 is 0 Å². The lowest BCUT2D eigenvalue weighted by Gasteiger charge is -2.29. The average Bonchev–Trinajstić information content (AvgIpc) is 2.40. The lowest BCUT2D eigenvalue weighted by molar-refractivity contribution is -0.0451. The molecule has 2 nitrogen and oxygen atoms in total. The Bertz CT molecular complexity index is 203. The molecule has 1 saturated carbocycles. The van der Waals surface area contributed by atoms with Crippen LogP contribution in [0.15, 0.2) is 25.3 Å². The van der Waals surface area contributed by atoms with Gasteiger partial charge in [0.1, 0.15) is 0 Å². The molecule has 1 rings (SSSR count). The van der Waals surface area contributed by atoms with E-state index >= 15 is 0 Å². The Morgan fingerprint density at radius 2 is 1.39 bits per heavy atom. The van der Waals surface area contributed by atoms with Gasteiger partial charge >= 0.3 is 0 Å². The van der Waals surface area contributed by atoms with Crippen molar-refractivity contribution in [3.63, 3.8) is 0 Å². The molecule has 1 fully saturated rings. The second-order valence-electron chi connectivity index (χ2n) is 5.01. The molecule has 1 aliphatic rings. The van der Waals surface area contributed by atoms with Crippen molar-refractivity contribution in [2.75, 3.05) is 13.2 Å². The van der Waals surface area contributed by atoms with E-state index in [0.29, 0.717) is 12.2 Å². The summed E-state index contributed by atoms with van der Waals surface area (Å²) in [5.41, 5.74) is 0. The van der Waals surface area contributed by atoms with Gasteiger partial charge in [0.2, 0.25) is 0 Å². The first-order valence-corrected chi connectivity index (χ1v) is 7.31. The highest BCUT2D eigenvalue weighted by Crippen LogP contribution is 2.24. The highest BCUT2D eigenvalue weighted by molar-refractivity contribution is 4.74. The molecule has 18 heavy (non-hydrogen) atoms. The fourth-order valence-electron chi connectivity index (χ4n) is 2.36. The lowest BCUT2D eigenvalue weighted by atomic mass is 9.95. The Hall–Kier alpha value is -0.600. The first-order chi connectivity index (χ1) is 8.86. The predicted molar refractivity (Wildman–Crippen MR) is 76.8 cm³/mol. The molecule has 0 amide bonds. The number of ether oxygens (including phenoxy) is 2. The van der Waals surface area contributed by atoms with Crippen molar-refractivity contribution < 1.29 is 9.47 Å². The molecule has 0 aromatic heterocycles. The van der Waals surface area contributed by atoms with Gasteiger partial charge in [0.25, 0.3) is 0 Å². The first kappa shape index (κ1) is 15.5. The van der Waals surface area contributed by atoms with Crippen LogP contribution in [0.4, 0.5) is 0 Å². The summed E-state index contributed by atoms with van der Waals surface area (Å²) in [5.74, 6) is 0. The summed E-state index contributed by atoms with van der Waals surface area (Å²) in [7, 11) is 0. The lowest BCUT2D eigenvalue weighted by Crippen LogP contribution is -2.28. The largest absolute Gasteiger partial charge is 0.378 e. The second kappa shape index (κ2) is 10.3. The maximum atomic E-state index is 5.90. The van der Waals surface area contributed by atoms with Crippen molar-refractivity contribution in [1.82, 2.24) is 0 Å². The summed E-state index contributed by atoms with van der Waals surface area (Å²) in [6.07, 6.45) is 13.7. The van der Waals surface area contributed by atoms with E-state index in [-0.39, 0.29) is 0 Å². The van der Waals surface area contributed by atoms with Gasteiger partial charge in [0.05, 0.1) is 12.2 Å². The van der Waals surface area contributed by atoms with E-state index in [9.17, 15) is 0 Å². The van der Waals surface area contributed by atoms with Gasteiger partial charge in [-0.05, 0) is 51.4 Å². The summed E-state index contributed by atoms with van der Waals surface area (Å²) in [6.45, 7) is 9.17. The van der Waals surface area contributed by atoms with Crippen LogP contribution in [0.2, 0.25) is 0 Å². The Morgan fingerprint density at radius 3 is 1.83 bits per heavy atom. The predicted octanol–water partition coefficient (Wildman–Crippen LogP) is 4.26. The van der Waals surface area contributed by atoms with Gasteiger partial charge in [0.15, 0.2) is 0 Å². The molecule has 0 saturated heterocycles. The van der Waals surface area contributed by atoms with Crippen LogP contribution in [0.1, 0.15) is 51.4 Å². The molecule has 0 radical (unpaired) electrons. The minimum Gasteiger partial charge on any atom is -0.378 e. The van der Waals surface area contributed by atoms with E-state index in [1.165, 1.54) is 19.3 Å². The van der Waals surface area contributed by atoms with Crippen LogP contribution in [-0.2, 0) is 9.47 Å². The SMILES string of the molecule is C=CCCCOC1CCCC(OCCCC=C)C1. The van der Waals surface area contributed by atoms with Gasteiger partial charge in [-0.25, -0.2) is 0 Å². The molecule has 104 valence electrons. The van der Waals surface area contributed by atoms with Crippen LogP contribution in [-0.4, -0.2) is 25.4 Å². The van der Waals surface area contributed by atoms with E-state index in [1.807, 2.05) is 12.2 Å². The third-order valence-electron chi connectivity index (χ3n) is 3.39. The highest BCUT2D eigenvalue weighted by atomic mass is 16.5. The van der Waals surface area contributed by atoms with Crippen LogP contribution in [0.3, 0.4) is 0 Å². The van der Waals surface area contributed by atoms with Crippen molar-refractivity contribution in [1.29, 1.82) is 0 Å². The van der Waals surface area contributed by atoms with Gasteiger partial charge in [-0.15, -0.1) is 13.2 Å². The zero-order valence-corrected chi connectivity index (χ0v) is 11.6. The fraction of sp³-hybridized carbons (Fsp3) is 0.750. The van der Waals surface area contributed by atoms with Crippen LogP contribution in [0.25, 0.3) is 0 Å². The Labute approximate surface area is 112 Å². The third-order valence-corrected chi connectivity index (χ3v) is 3.39. The van der Waals surface area contributed by atoms with Crippen LogP contribution in [0, 0.1) is 0 Å². The average molecular weight is 252 g/mol. The molecule has 0 aromatic rings. The number of unbranched alkanes of at least 4 members (excludes halogenated alkanes) is 2. The van der Waals surface area contributed by atoms with Crippen molar-refractivity contribution >= 4 is 0 Å². The molecular weight excluding hydrogens is 224 g/mol. The Morgan fingerprint density at radius 1 is 0.889 bits per heavy atom. The quantitative estimate of drug-likeness (QED) is 0.427. The van der Waals surface area contributed by atoms with Gasteiger partial charge in [-0.3, -0.25) is 0 Å². The normalized spacial score (nSPS) is 23.8. The maximum Gasteiger partial charge on any atom is 0.0599 e. The van der Waals surface area contributed by atoms with Crippen molar-refractivity contribution in [3.05, 3.63) is 25.3 Å². The zero-order valence-electron chi connectivity index (χ0n) is 11.6. The molecule has 0 bridgehead atoms. The molecule has 2 unspecified atom stereocenters. The van der Waals surface area contributed by atoms with Gasteiger partial charge in [-0.2, -0.15) is 0 Å². The summed E-state index contributed by atoms with van der Waals surface area (Å²) in [4.78, 5) is 0. The maximum absolute atomic E-state index is 5.90. The molecule has 0 aliphatic heterocycles. The van der Waals surface area contributed by atoms with Gasteiger partial charge in [-0.1, -0.05) is 12.2 Å². The third kappa shape index (κ3) is 6.97. The summed E-state index contributed by atoms with van der Waals surface area (Å²) in [5, 5.41) is 0. The van der Waals surface area contributed by atoms with Crippen molar-refractivity contribution in [3.8, 4) is 0 Å². The fourth-order valence-corrected chi connectivity index (χ4v) is 2.36. The molecule has 0 N–H and O–H groups in total. The standard InChI is InChI=1S/C16H28O2/c1-3-5-7-12-17-15-10-9-11-16(14-15)18-13-8-6-4-2/h3-4,15-16H,1-2,5-14H2. The summed E-state index contributed by atoms with van der Waals surface area (Å²) in [6, 6.07) is 0. The van der Waals surface area contributed by atoms with E-state index in [4.69, 9.17) is 9.47 Å². The number of hydrogen-bond donors (Lipinski definition) is 0. The van der Waals surface area contributed by atoms with Gasteiger partial charge in [0, 0.05) is 13.2 Å². The first-order valence-electron chi connectivity index (χ1n) is 7.31. The molecule has 0 aromatic carbocycles. The molecular formula is C16H28O2. The van der Waals surface area contributed by atoms with Crippen LogP contribution >= 0.6 is 0 Å². The minimum absolute atomic E-state index is 0.410. The van der Waals surface area contributed by atoms with Crippen molar-refractivity contribution in [2.45, 2.75) is 63.6 Å². The monoisotopic (exact) mass is 252 g/mol. The molecule has 0 spiro atoms. The van der Waals surface area contributed by atoms with Crippen LogP contribution < -0.4 is 0 Å². The van der Waals surface area contributed by atoms with Gasteiger partial charge < -0.3 is 9.47 Å². The minimum atomic E-state index is 0.410. The highest BCUT2D eigenvalue weighted by Gasteiger charge is 2.22. The smallest absolute Gasteiger partial charge is 0.0599 e. The Balaban J connectivity index is 2.07. The van der Waals surface area contributed by atoms with Crippen molar-refractivity contribution in [2.24, 2.45) is 0 Å². The molecule has 2 heteroatoms. The second-order valence-corrected chi connectivity index (χ2v) is 5.01. The molecule has 1 aliphatic carbocycles. The topological polar surface area (TPSA) is 18.5 Å². The Kier molecular flexibility index (Phi) is 8.87. The van der Waals surface area contributed by atoms with E-state index in [0.717, 1.165) is 45.3 Å². The number of hydrogen-bond acceptors (Lipinski definition) is 2. The molecule has 2 atom stereocenters. The number of allylic oxidation sites excluding steroid dienone is 2. The van der Waals surface area contributed by atoms with E-state index in [1.54, 1.807) is 0 Å². The summed E-state index contributed by atoms with van der Waals surface area (Å²) >= 11 is 0. The van der Waals surface area contributed by atoms with Crippen LogP contribution in [0.5, 0.6) is 0 Å². The zero-order chi connectivity index (χ0) is 13.1. The van der Waals surface area contributed by atoms with E-state index in [2.05, 4.69) is 13.2 Å². The number of rotatable bonds is 10.